The first-order valence-corrected chi connectivity index (χ1v) is 7.70. The molecule has 8 heteroatoms. The number of carbonyl (C=O) groups is 3. The lowest BCUT2D eigenvalue weighted by Crippen LogP contribution is -2.37. The second-order valence-corrected chi connectivity index (χ2v) is 5.79. The molecule has 1 saturated carbocycles. The Bertz CT molecular complexity index is 675. The highest BCUT2D eigenvalue weighted by molar-refractivity contribution is 6.02. The second kappa shape index (κ2) is 6.77. The standard InChI is InChI=1S/C16H18N2O6/c1-9-6-11(9)15(20)24-8-14(19)18-16(21)17-10-2-3-12-13(7-10)23-5-4-22-12/h2-3,7,9,11H,4-6,8H2,1H3,(H2,17,18,19,21)/t9-,11-/m0/s1. The number of hydrogen-bond donors (Lipinski definition) is 2. The van der Waals surface area contributed by atoms with Crippen molar-refractivity contribution in [2.24, 2.45) is 11.8 Å². The van der Waals surface area contributed by atoms with Crippen molar-refractivity contribution >= 4 is 23.6 Å². The summed E-state index contributed by atoms with van der Waals surface area (Å²) in [5.41, 5.74) is 0.452. The molecule has 1 aromatic rings. The van der Waals surface area contributed by atoms with E-state index in [1.807, 2.05) is 6.92 Å². The minimum absolute atomic E-state index is 0.121. The van der Waals surface area contributed by atoms with E-state index in [0.717, 1.165) is 6.42 Å². The van der Waals surface area contributed by atoms with Gasteiger partial charge in [-0.25, -0.2) is 4.79 Å². The van der Waals surface area contributed by atoms with E-state index in [2.05, 4.69) is 10.6 Å². The van der Waals surface area contributed by atoms with Crippen LogP contribution in [-0.4, -0.2) is 37.7 Å². The Hall–Kier alpha value is -2.77. The van der Waals surface area contributed by atoms with Crippen LogP contribution in [0.25, 0.3) is 0 Å². The minimum atomic E-state index is -0.715. The van der Waals surface area contributed by atoms with Gasteiger partial charge < -0.3 is 19.5 Å². The van der Waals surface area contributed by atoms with Crippen molar-refractivity contribution < 1.29 is 28.6 Å². The summed E-state index contributed by atoms with van der Waals surface area (Å²) in [6.45, 7) is 2.38. The lowest BCUT2D eigenvalue weighted by atomic mass is 10.2. The fraction of sp³-hybridized carbons (Fsp3) is 0.438. The number of esters is 1. The largest absolute Gasteiger partial charge is 0.486 e. The molecular formula is C16H18N2O6. The van der Waals surface area contributed by atoms with Gasteiger partial charge in [-0.2, -0.15) is 0 Å². The first-order valence-electron chi connectivity index (χ1n) is 7.70. The summed E-state index contributed by atoms with van der Waals surface area (Å²) in [6.07, 6.45) is 0.783. The summed E-state index contributed by atoms with van der Waals surface area (Å²) in [7, 11) is 0. The fourth-order valence-electron chi connectivity index (χ4n) is 2.34. The third-order valence-corrected chi connectivity index (χ3v) is 3.81. The first kappa shape index (κ1) is 16.1. The number of amides is 3. The molecule has 3 rings (SSSR count). The van der Waals surface area contributed by atoms with E-state index >= 15 is 0 Å². The van der Waals surface area contributed by atoms with Crippen molar-refractivity contribution in [1.82, 2.24) is 5.32 Å². The molecule has 2 N–H and O–H groups in total. The van der Waals surface area contributed by atoms with Crippen molar-refractivity contribution in [3.63, 3.8) is 0 Å². The third kappa shape index (κ3) is 3.95. The Morgan fingerprint density at radius 1 is 1.21 bits per heavy atom. The molecule has 0 spiro atoms. The van der Waals surface area contributed by atoms with Crippen LogP contribution in [0.15, 0.2) is 18.2 Å². The lowest BCUT2D eigenvalue weighted by Gasteiger charge is -2.19. The van der Waals surface area contributed by atoms with Gasteiger partial charge in [0.15, 0.2) is 18.1 Å². The number of rotatable bonds is 4. The summed E-state index contributed by atoms with van der Waals surface area (Å²) in [5.74, 6) is 0.224. The number of fused-ring (bicyclic) bond motifs is 1. The zero-order valence-corrected chi connectivity index (χ0v) is 13.2. The van der Waals surface area contributed by atoms with Crippen LogP contribution >= 0.6 is 0 Å². The highest BCUT2D eigenvalue weighted by Crippen LogP contribution is 2.38. The topological polar surface area (TPSA) is 103 Å². The molecule has 3 amide bonds. The van der Waals surface area contributed by atoms with Crippen LogP contribution in [0.5, 0.6) is 11.5 Å². The van der Waals surface area contributed by atoms with Crippen LogP contribution in [0.1, 0.15) is 13.3 Å². The van der Waals surface area contributed by atoms with Gasteiger partial charge in [-0.05, 0) is 24.5 Å². The molecule has 0 bridgehead atoms. The van der Waals surface area contributed by atoms with Crippen LogP contribution < -0.4 is 20.1 Å². The highest BCUT2D eigenvalue weighted by atomic mass is 16.6. The van der Waals surface area contributed by atoms with Gasteiger partial charge in [0.2, 0.25) is 0 Å². The Kier molecular flexibility index (Phi) is 4.54. The number of hydrogen-bond acceptors (Lipinski definition) is 6. The maximum Gasteiger partial charge on any atom is 0.325 e. The number of nitrogens with one attached hydrogen (secondary N) is 2. The predicted octanol–water partition coefficient (Wildman–Crippen LogP) is 1.31. The fourth-order valence-corrected chi connectivity index (χ4v) is 2.34. The van der Waals surface area contributed by atoms with Crippen LogP contribution in [0, 0.1) is 11.8 Å². The predicted molar refractivity (Wildman–Crippen MR) is 82.8 cm³/mol. The molecule has 0 aromatic heterocycles. The Balaban J connectivity index is 1.45. The number of urea groups is 1. The Labute approximate surface area is 138 Å². The van der Waals surface area contributed by atoms with E-state index in [-0.39, 0.29) is 5.92 Å². The SMILES string of the molecule is C[C@H]1C[C@@H]1C(=O)OCC(=O)NC(=O)Nc1ccc2c(c1)OCCO2. The molecular weight excluding hydrogens is 316 g/mol. The quantitative estimate of drug-likeness (QED) is 0.805. The molecule has 0 saturated heterocycles. The van der Waals surface area contributed by atoms with Crippen molar-refractivity contribution in [3.05, 3.63) is 18.2 Å². The van der Waals surface area contributed by atoms with Crippen LogP contribution in [0.3, 0.4) is 0 Å². The van der Waals surface area contributed by atoms with Gasteiger partial charge in [-0.1, -0.05) is 6.92 Å². The molecule has 1 aliphatic heterocycles. The molecule has 2 atom stereocenters. The lowest BCUT2D eigenvalue weighted by molar-refractivity contribution is -0.149. The van der Waals surface area contributed by atoms with Gasteiger partial charge >= 0.3 is 12.0 Å². The maximum absolute atomic E-state index is 11.8. The van der Waals surface area contributed by atoms with Gasteiger partial charge in [0.25, 0.3) is 5.91 Å². The number of benzene rings is 1. The zero-order chi connectivity index (χ0) is 17.1. The molecule has 2 aliphatic rings. The van der Waals surface area contributed by atoms with Gasteiger partial charge in [-0.15, -0.1) is 0 Å². The first-order chi connectivity index (χ1) is 11.5. The summed E-state index contributed by atoms with van der Waals surface area (Å²) in [6, 6.07) is 4.19. The van der Waals surface area contributed by atoms with E-state index < -0.39 is 24.5 Å². The molecule has 1 heterocycles. The molecule has 1 aliphatic carbocycles. The number of imide groups is 1. The molecule has 24 heavy (non-hydrogen) atoms. The van der Waals surface area contributed by atoms with Crippen LogP contribution in [0.4, 0.5) is 10.5 Å². The van der Waals surface area contributed by atoms with E-state index in [1.54, 1.807) is 18.2 Å². The van der Waals surface area contributed by atoms with Crippen molar-refractivity contribution in [1.29, 1.82) is 0 Å². The van der Waals surface area contributed by atoms with Gasteiger partial charge in [0, 0.05) is 11.8 Å². The van der Waals surface area contributed by atoms with Gasteiger partial charge in [-0.3, -0.25) is 14.9 Å². The number of ether oxygens (including phenoxy) is 3. The molecule has 1 fully saturated rings. The van der Waals surface area contributed by atoms with E-state index in [4.69, 9.17) is 14.2 Å². The average molecular weight is 334 g/mol. The Morgan fingerprint density at radius 3 is 2.62 bits per heavy atom. The van der Waals surface area contributed by atoms with Gasteiger partial charge in [0.05, 0.1) is 5.92 Å². The molecule has 8 nitrogen and oxygen atoms in total. The van der Waals surface area contributed by atoms with Crippen molar-refractivity contribution in [2.75, 3.05) is 25.1 Å². The summed E-state index contributed by atoms with van der Waals surface area (Å²) >= 11 is 0. The summed E-state index contributed by atoms with van der Waals surface area (Å²) in [4.78, 5) is 34.9. The maximum atomic E-state index is 11.8. The third-order valence-electron chi connectivity index (χ3n) is 3.81. The molecule has 1 aromatic carbocycles. The number of anilines is 1. The van der Waals surface area contributed by atoms with E-state index in [0.29, 0.717) is 36.3 Å². The molecule has 0 radical (unpaired) electrons. The van der Waals surface area contributed by atoms with Gasteiger partial charge in [0.1, 0.15) is 13.2 Å². The van der Waals surface area contributed by atoms with Crippen LogP contribution in [0.2, 0.25) is 0 Å². The molecule has 128 valence electrons. The van der Waals surface area contributed by atoms with E-state index in [1.165, 1.54) is 0 Å². The molecule has 0 unspecified atom stereocenters. The monoisotopic (exact) mass is 334 g/mol. The number of carbonyl (C=O) groups excluding carboxylic acids is 3. The minimum Gasteiger partial charge on any atom is -0.486 e. The van der Waals surface area contributed by atoms with E-state index in [9.17, 15) is 14.4 Å². The van der Waals surface area contributed by atoms with Crippen molar-refractivity contribution in [3.8, 4) is 11.5 Å². The zero-order valence-electron chi connectivity index (χ0n) is 13.2. The second-order valence-electron chi connectivity index (χ2n) is 5.79. The normalized spacial score (nSPS) is 20.7. The average Bonchev–Trinajstić information content (AvgIpc) is 3.29. The summed E-state index contributed by atoms with van der Waals surface area (Å²) in [5, 5.41) is 4.60. The van der Waals surface area contributed by atoms with Crippen LogP contribution in [-0.2, 0) is 14.3 Å². The van der Waals surface area contributed by atoms with Crippen molar-refractivity contribution in [2.45, 2.75) is 13.3 Å². The smallest absolute Gasteiger partial charge is 0.325 e. The Morgan fingerprint density at radius 2 is 1.92 bits per heavy atom. The summed E-state index contributed by atoms with van der Waals surface area (Å²) < 4.78 is 15.6. The highest BCUT2D eigenvalue weighted by Gasteiger charge is 2.40.